The van der Waals surface area contributed by atoms with Crippen LogP contribution in [0.3, 0.4) is 0 Å². The second kappa shape index (κ2) is 23.4. The molecule has 2 aromatic carbocycles. The Morgan fingerprint density at radius 1 is 0.592 bits per heavy atom. The molecule has 0 atom stereocenters. The first-order valence-corrected chi connectivity index (χ1v) is 16.3. The predicted octanol–water partition coefficient (Wildman–Crippen LogP) is 2.94. The lowest BCUT2D eigenvalue weighted by Crippen LogP contribution is -2.32. The molecule has 0 saturated heterocycles. The van der Waals surface area contributed by atoms with Crippen molar-refractivity contribution in [2.24, 2.45) is 0 Å². The lowest BCUT2D eigenvalue weighted by Gasteiger charge is -2.19. The Bertz CT molecular complexity index is 1260. The Labute approximate surface area is 286 Å². The zero-order valence-electron chi connectivity index (χ0n) is 28.0. The third kappa shape index (κ3) is 15.0. The highest BCUT2D eigenvalue weighted by atomic mass is 16.6. The number of hydrogen-bond acceptors (Lipinski definition) is 12. The van der Waals surface area contributed by atoms with Gasteiger partial charge in [0, 0.05) is 25.9 Å². The lowest BCUT2D eigenvalue weighted by molar-refractivity contribution is -0.151. The van der Waals surface area contributed by atoms with E-state index >= 15 is 0 Å². The van der Waals surface area contributed by atoms with Gasteiger partial charge in [-0.1, -0.05) is 48.5 Å². The molecule has 14 nitrogen and oxygen atoms in total. The fraction of sp³-hybridized carbons (Fsp3) is 0.543. The summed E-state index contributed by atoms with van der Waals surface area (Å²) in [7, 11) is 1.69. The van der Waals surface area contributed by atoms with Crippen molar-refractivity contribution in [3.05, 3.63) is 59.7 Å². The minimum Gasteiger partial charge on any atom is -0.476 e. The molecule has 0 radical (unpaired) electrons. The first-order chi connectivity index (χ1) is 23.9. The van der Waals surface area contributed by atoms with Crippen LogP contribution >= 0.6 is 0 Å². The predicted molar refractivity (Wildman–Crippen MR) is 175 cm³/mol. The van der Waals surface area contributed by atoms with Crippen molar-refractivity contribution < 1.29 is 62.2 Å². The van der Waals surface area contributed by atoms with Crippen LogP contribution in [0.25, 0.3) is 11.1 Å². The van der Waals surface area contributed by atoms with E-state index in [4.69, 9.17) is 43.0 Å². The summed E-state index contributed by atoms with van der Waals surface area (Å²) in [5.41, 5.74) is 4.74. The van der Waals surface area contributed by atoms with Crippen molar-refractivity contribution in [3.63, 3.8) is 0 Å². The Balaban J connectivity index is 1.04. The average Bonchev–Trinajstić information content (AvgIpc) is 3.43. The number of aliphatic carboxylic acids is 1. The number of benzene rings is 2. The number of esters is 1. The van der Waals surface area contributed by atoms with Crippen LogP contribution in [0.2, 0.25) is 0 Å². The second-order valence-electron chi connectivity index (χ2n) is 10.8. The molecule has 0 heterocycles. The van der Waals surface area contributed by atoms with Crippen molar-refractivity contribution in [2.45, 2.75) is 18.8 Å². The van der Waals surface area contributed by atoms with Crippen molar-refractivity contribution in [1.82, 2.24) is 4.90 Å². The van der Waals surface area contributed by atoms with Gasteiger partial charge in [-0.25, -0.2) is 9.59 Å². The molecule has 1 aliphatic rings. The molecule has 0 unspecified atom stereocenters. The van der Waals surface area contributed by atoms with Gasteiger partial charge in [-0.05, 0) is 22.3 Å². The molecular weight excluding hydrogens is 642 g/mol. The standard InChI is InChI=1S/C35H47NO13/c1-36(35(41)49-26-31-29-8-4-2-6-27(29)28-7-3-5-9-30(28)31)12-13-42-14-15-43-16-17-44-18-19-45-20-21-46-22-23-47-24-25-48-33(38)11-10-32(37)34(39)40/h2-9,31H,10-26H2,1H3,(H,39,40). The number of fused-ring (bicyclic) bond motifs is 3. The Hall–Kier alpha value is -3.92. The Morgan fingerprint density at radius 3 is 1.49 bits per heavy atom. The summed E-state index contributed by atoms with van der Waals surface area (Å²) < 4.78 is 43.1. The molecule has 0 bridgehead atoms. The molecule has 3 rings (SSSR count). The van der Waals surface area contributed by atoms with Crippen LogP contribution in [-0.2, 0) is 52.3 Å². The maximum atomic E-state index is 12.6. The summed E-state index contributed by atoms with van der Waals surface area (Å²) in [6.45, 7) is 5.19. The minimum atomic E-state index is -1.57. The molecule has 0 fully saturated rings. The van der Waals surface area contributed by atoms with Gasteiger partial charge in [-0.15, -0.1) is 0 Å². The zero-order chi connectivity index (χ0) is 35.1. The fourth-order valence-electron chi connectivity index (χ4n) is 4.81. The van der Waals surface area contributed by atoms with Crippen LogP contribution < -0.4 is 0 Å². The maximum Gasteiger partial charge on any atom is 0.409 e. The first kappa shape index (κ1) is 39.5. The number of carboxylic acid groups (broad SMARTS) is 1. The van der Waals surface area contributed by atoms with Crippen molar-refractivity contribution >= 4 is 23.8 Å². The van der Waals surface area contributed by atoms with E-state index in [-0.39, 0.29) is 38.3 Å². The molecule has 14 heteroatoms. The summed E-state index contributed by atoms with van der Waals surface area (Å²) in [6.07, 6.45) is -1.05. The SMILES string of the molecule is CN(CCOCCOCCOCCOCCOCCOCCOC(=O)CCC(=O)C(=O)O)C(=O)OCC1c2ccccc2-c2ccccc21. The number of hydrogen-bond donors (Lipinski definition) is 1. The molecule has 270 valence electrons. The summed E-state index contributed by atoms with van der Waals surface area (Å²) in [5, 5.41) is 8.45. The molecule has 49 heavy (non-hydrogen) atoms. The van der Waals surface area contributed by atoms with E-state index in [1.807, 2.05) is 24.3 Å². The number of nitrogens with zero attached hydrogens (tertiary/aromatic N) is 1. The van der Waals surface area contributed by atoms with Gasteiger partial charge in [-0.3, -0.25) is 9.59 Å². The molecule has 0 aromatic heterocycles. The van der Waals surface area contributed by atoms with E-state index in [0.29, 0.717) is 79.2 Å². The topological polar surface area (TPSA) is 166 Å². The number of ketones is 1. The first-order valence-electron chi connectivity index (χ1n) is 16.3. The van der Waals surface area contributed by atoms with Crippen molar-refractivity contribution in [1.29, 1.82) is 0 Å². The molecule has 2 aromatic rings. The summed E-state index contributed by atoms with van der Waals surface area (Å²) >= 11 is 0. The molecule has 1 aliphatic carbocycles. The largest absolute Gasteiger partial charge is 0.476 e. The highest BCUT2D eigenvalue weighted by molar-refractivity contribution is 6.32. The van der Waals surface area contributed by atoms with Crippen LogP contribution in [0.4, 0.5) is 4.79 Å². The smallest absolute Gasteiger partial charge is 0.409 e. The van der Waals surface area contributed by atoms with E-state index < -0.39 is 24.1 Å². The van der Waals surface area contributed by atoms with Gasteiger partial charge in [-0.2, -0.15) is 0 Å². The minimum absolute atomic E-state index is 0.00730. The van der Waals surface area contributed by atoms with Gasteiger partial charge in [0.1, 0.15) is 13.2 Å². The molecule has 0 aliphatic heterocycles. The number of carboxylic acids is 1. The van der Waals surface area contributed by atoms with Crippen LogP contribution in [0.15, 0.2) is 48.5 Å². The number of carbonyl (C=O) groups excluding carboxylic acids is 3. The number of amides is 1. The third-order valence-electron chi connectivity index (χ3n) is 7.36. The maximum absolute atomic E-state index is 12.6. The number of carbonyl (C=O) groups is 4. The normalized spacial score (nSPS) is 11.9. The number of rotatable bonds is 27. The highest BCUT2D eigenvalue weighted by Crippen LogP contribution is 2.44. The van der Waals surface area contributed by atoms with Crippen molar-refractivity contribution in [3.8, 4) is 11.1 Å². The zero-order valence-corrected chi connectivity index (χ0v) is 28.0. The molecular formula is C35H47NO13. The van der Waals surface area contributed by atoms with Gasteiger partial charge < -0.3 is 47.9 Å². The second-order valence-corrected chi connectivity index (χ2v) is 10.8. The van der Waals surface area contributed by atoms with Crippen LogP contribution in [0, 0.1) is 0 Å². The molecule has 0 saturated carbocycles. The summed E-state index contributed by atoms with van der Waals surface area (Å²) in [4.78, 5) is 46.8. The number of likely N-dealkylation sites (N-methyl/N-ethyl adjacent to an activating group) is 1. The van der Waals surface area contributed by atoms with Gasteiger partial charge >= 0.3 is 18.0 Å². The lowest BCUT2D eigenvalue weighted by atomic mass is 9.98. The van der Waals surface area contributed by atoms with Gasteiger partial charge in [0.05, 0.1) is 85.7 Å². The third-order valence-corrected chi connectivity index (χ3v) is 7.36. The monoisotopic (exact) mass is 689 g/mol. The quantitative estimate of drug-likeness (QED) is 0.0828. The van der Waals surface area contributed by atoms with E-state index in [1.165, 1.54) is 27.2 Å². The summed E-state index contributed by atoms with van der Waals surface area (Å²) in [5.74, 6) is -3.22. The summed E-state index contributed by atoms with van der Waals surface area (Å²) in [6, 6.07) is 16.5. The molecule has 1 N–H and O–H groups in total. The van der Waals surface area contributed by atoms with Gasteiger partial charge in [0.2, 0.25) is 5.78 Å². The fourth-order valence-corrected chi connectivity index (χ4v) is 4.81. The average molecular weight is 690 g/mol. The Morgan fingerprint density at radius 2 is 1.02 bits per heavy atom. The van der Waals surface area contributed by atoms with E-state index in [1.54, 1.807) is 7.05 Å². The van der Waals surface area contributed by atoms with Gasteiger partial charge in [0.25, 0.3) is 0 Å². The Kier molecular flexibility index (Phi) is 18.9. The molecule has 1 amide bonds. The van der Waals surface area contributed by atoms with Crippen molar-refractivity contribution in [2.75, 3.05) is 106 Å². The van der Waals surface area contributed by atoms with E-state index in [2.05, 4.69) is 24.3 Å². The van der Waals surface area contributed by atoms with Gasteiger partial charge in [0.15, 0.2) is 0 Å². The van der Waals surface area contributed by atoms with E-state index in [9.17, 15) is 19.2 Å². The highest BCUT2D eigenvalue weighted by Gasteiger charge is 2.29. The van der Waals surface area contributed by atoms with Crippen LogP contribution in [0.5, 0.6) is 0 Å². The van der Waals surface area contributed by atoms with E-state index in [0.717, 1.165) is 0 Å². The van der Waals surface area contributed by atoms with Crippen LogP contribution in [0.1, 0.15) is 29.9 Å². The molecule has 0 spiro atoms. The number of Topliss-reactive ketones (excluding diaryl/α,β-unsaturated/α-hetero) is 1. The van der Waals surface area contributed by atoms with Crippen LogP contribution in [-0.4, -0.2) is 140 Å². The number of ether oxygens (including phenoxy) is 8.